The molecule has 0 saturated carbocycles. The molecule has 98 valence electrons. The van der Waals surface area contributed by atoms with Crippen LogP contribution in [0.4, 0.5) is 0 Å². The van der Waals surface area contributed by atoms with E-state index in [0.29, 0.717) is 5.56 Å². The summed E-state index contributed by atoms with van der Waals surface area (Å²) in [5.74, 6) is -0.501. The molecule has 0 bridgehead atoms. The SMILES string of the molecule is COC(=O)C(I)CNC(=O)c1cccc(C)c1C. The van der Waals surface area contributed by atoms with Crippen LogP contribution in [0.5, 0.6) is 0 Å². The Morgan fingerprint density at radius 1 is 1.39 bits per heavy atom. The number of alkyl halides is 1. The Labute approximate surface area is 120 Å². The molecule has 0 aliphatic carbocycles. The number of hydrogen-bond acceptors (Lipinski definition) is 3. The molecule has 1 amide bonds. The highest BCUT2D eigenvalue weighted by Gasteiger charge is 2.17. The zero-order valence-electron chi connectivity index (χ0n) is 10.6. The maximum absolute atomic E-state index is 12.0. The summed E-state index contributed by atoms with van der Waals surface area (Å²) in [5.41, 5.74) is 2.67. The van der Waals surface area contributed by atoms with Gasteiger partial charge in [-0.25, -0.2) is 0 Å². The van der Waals surface area contributed by atoms with Gasteiger partial charge in [-0.1, -0.05) is 34.7 Å². The third-order valence-corrected chi connectivity index (χ3v) is 3.70. The van der Waals surface area contributed by atoms with E-state index in [1.807, 2.05) is 48.6 Å². The lowest BCUT2D eigenvalue weighted by Gasteiger charge is -2.11. The van der Waals surface area contributed by atoms with Crippen molar-refractivity contribution in [3.05, 3.63) is 34.9 Å². The summed E-state index contributed by atoms with van der Waals surface area (Å²) in [7, 11) is 1.33. The van der Waals surface area contributed by atoms with E-state index in [1.165, 1.54) is 7.11 Å². The molecule has 1 unspecified atom stereocenters. The van der Waals surface area contributed by atoms with Crippen molar-refractivity contribution in [2.24, 2.45) is 0 Å². The molecule has 0 aliphatic rings. The van der Waals surface area contributed by atoms with Gasteiger partial charge in [-0.15, -0.1) is 0 Å². The first-order valence-corrected chi connectivity index (χ1v) is 6.78. The summed E-state index contributed by atoms with van der Waals surface area (Å²) in [5, 5.41) is 2.73. The maximum Gasteiger partial charge on any atom is 0.320 e. The Morgan fingerprint density at radius 3 is 2.67 bits per heavy atom. The van der Waals surface area contributed by atoms with Crippen molar-refractivity contribution in [1.29, 1.82) is 0 Å². The second-order valence-electron chi connectivity index (χ2n) is 3.95. The van der Waals surface area contributed by atoms with Gasteiger partial charge in [0.05, 0.1) is 7.11 Å². The van der Waals surface area contributed by atoms with Gasteiger partial charge < -0.3 is 10.1 Å². The topological polar surface area (TPSA) is 55.4 Å². The molecule has 0 fully saturated rings. The molecule has 1 aromatic rings. The molecule has 0 aliphatic heterocycles. The van der Waals surface area contributed by atoms with Crippen molar-refractivity contribution < 1.29 is 14.3 Å². The molecular formula is C13H16INO3. The maximum atomic E-state index is 12.0. The normalized spacial score (nSPS) is 11.8. The molecule has 1 aromatic carbocycles. The van der Waals surface area contributed by atoms with Gasteiger partial charge in [-0.3, -0.25) is 9.59 Å². The van der Waals surface area contributed by atoms with Crippen molar-refractivity contribution >= 4 is 34.5 Å². The lowest BCUT2D eigenvalue weighted by molar-refractivity contribution is -0.139. The van der Waals surface area contributed by atoms with Crippen LogP contribution in [0.3, 0.4) is 0 Å². The molecule has 1 rings (SSSR count). The second kappa shape index (κ2) is 6.72. The number of carbonyl (C=O) groups excluding carboxylic acids is 2. The first kappa shape index (κ1) is 14.9. The lowest BCUT2D eigenvalue weighted by Crippen LogP contribution is -2.34. The zero-order chi connectivity index (χ0) is 13.7. The molecule has 4 nitrogen and oxygen atoms in total. The van der Waals surface area contributed by atoms with E-state index in [0.717, 1.165) is 11.1 Å². The van der Waals surface area contributed by atoms with Crippen molar-refractivity contribution in [2.45, 2.75) is 17.8 Å². The molecule has 0 heterocycles. The highest BCUT2D eigenvalue weighted by atomic mass is 127. The highest BCUT2D eigenvalue weighted by Crippen LogP contribution is 2.12. The van der Waals surface area contributed by atoms with Crippen LogP contribution < -0.4 is 5.32 Å². The van der Waals surface area contributed by atoms with E-state index < -0.39 is 0 Å². The van der Waals surface area contributed by atoms with Gasteiger partial charge in [-0.2, -0.15) is 0 Å². The van der Waals surface area contributed by atoms with E-state index >= 15 is 0 Å². The molecule has 1 N–H and O–H groups in total. The number of methoxy groups -OCH3 is 1. The van der Waals surface area contributed by atoms with Gasteiger partial charge in [0.15, 0.2) is 0 Å². The van der Waals surface area contributed by atoms with Crippen LogP contribution in [0.1, 0.15) is 21.5 Å². The third kappa shape index (κ3) is 3.69. The molecule has 5 heteroatoms. The number of ether oxygens (including phenoxy) is 1. The first-order chi connectivity index (χ1) is 8.47. The molecule has 18 heavy (non-hydrogen) atoms. The third-order valence-electron chi connectivity index (χ3n) is 2.75. The fraction of sp³-hybridized carbons (Fsp3) is 0.385. The summed E-state index contributed by atoms with van der Waals surface area (Å²) < 4.78 is 4.22. The summed E-state index contributed by atoms with van der Waals surface area (Å²) in [6, 6.07) is 5.58. The summed E-state index contributed by atoms with van der Waals surface area (Å²) in [4.78, 5) is 23.2. The van der Waals surface area contributed by atoms with Crippen LogP contribution >= 0.6 is 22.6 Å². The Balaban J connectivity index is 2.66. The number of hydrogen-bond donors (Lipinski definition) is 1. The standard InChI is InChI=1S/C13H16INO3/c1-8-5-4-6-10(9(8)2)12(16)15-7-11(14)13(17)18-3/h4-6,11H,7H2,1-3H3,(H,15,16). The Bertz CT molecular complexity index is 460. The number of aryl methyl sites for hydroxylation is 1. The average molecular weight is 361 g/mol. The molecule has 0 spiro atoms. The van der Waals surface area contributed by atoms with Gasteiger partial charge in [0, 0.05) is 12.1 Å². The number of esters is 1. The zero-order valence-corrected chi connectivity index (χ0v) is 12.8. The van der Waals surface area contributed by atoms with Crippen molar-refractivity contribution in [3.63, 3.8) is 0 Å². The number of amides is 1. The highest BCUT2D eigenvalue weighted by molar-refractivity contribution is 14.1. The molecule has 0 aromatic heterocycles. The molecule has 0 saturated heterocycles. The van der Waals surface area contributed by atoms with Gasteiger partial charge in [-0.05, 0) is 31.0 Å². The smallest absolute Gasteiger partial charge is 0.320 e. The first-order valence-electron chi connectivity index (χ1n) is 5.53. The van der Waals surface area contributed by atoms with Gasteiger partial charge in [0.2, 0.25) is 0 Å². The number of halogens is 1. The van der Waals surface area contributed by atoms with E-state index in [-0.39, 0.29) is 22.3 Å². The van der Waals surface area contributed by atoms with Crippen LogP contribution in [0.2, 0.25) is 0 Å². The monoisotopic (exact) mass is 361 g/mol. The van der Waals surface area contributed by atoms with E-state index in [4.69, 9.17) is 0 Å². The largest absolute Gasteiger partial charge is 0.468 e. The Morgan fingerprint density at radius 2 is 2.06 bits per heavy atom. The van der Waals surface area contributed by atoms with Gasteiger partial charge >= 0.3 is 5.97 Å². The number of carbonyl (C=O) groups is 2. The van der Waals surface area contributed by atoms with E-state index in [1.54, 1.807) is 6.07 Å². The minimum atomic E-state index is -0.373. The van der Waals surface area contributed by atoms with Crippen molar-refractivity contribution in [1.82, 2.24) is 5.32 Å². The van der Waals surface area contributed by atoms with Crippen LogP contribution in [0.15, 0.2) is 18.2 Å². The van der Waals surface area contributed by atoms with Gasteiger partial charge in [0.25, 0.3) is 5.91 Å². The predicted octanol–water partition coefficient (Wildman–Crippen LogP) is 2.01. The lowest BCUT2D eigenvalue weighted by atomic mass is 10.0. The molecule has 1 atom stereocenters. The van der Waals surface area contributed by atoms with E-state index in [2.05, 4.69) is 10.1 Å². The average Bonchev–Trinajstić information content (AvgIpc) is 2.37. The van der Waals surface area contributed by atoms with Crippen molar-refractivity contribution in [2.75, 3.05) is 13.7 Å². The fourth-order valence-corrected chi connectivity index (χ4v) is 1.96. The van der Waals surface area contributed by atoms with Crippen LogP contribution in [0.25, 0.3) is 0 Å². The Kier molecular flexibility index (Phi) is 5.58. The molecular weight excluding hydrogens is 345 g/mol. The van der Waals surface area contributed by atoms with Gasteiger partial charge in [0.1, 0.15) is 3.92 Å². The van der Waals surface area contributed by atoms with Crippen LogP contribution in [0, 0.1) is 13.8 Å². The minimum Gasteiger partial charge on any atom is -0.468 e. The van der Waals surface area contributed by atoms with Crippen molar-refractivity contribution in [3.8, 4) is 0 Å². The Hall–Kier alpha value is -1.11. The summed E-state index contributed by atoms with van der Waals surface area (Å²) >= 11 is 1.95. The predicted molar refractivity (Wildman–Crippen MR) is 78.1 cm³/mol. The quantitative estimate of drug-likeness (QED) is 0.507. The minimum absolute atomic E-state index is 0.165. The summed E-state index contributed by atoms with van der Waals surface area (Å²) in [6.45, 7) is 4.13. The summed E-state index contributed by atoms with van der Waals surface area (Å²) in [6.07, 6.45) is 0. The van der Waals surface area contributed by atoms with Crippen LogP contribution in [-0.2, 0) is 9.53 Å². The number of benzene rings is 1. The molecule has 0 radical (unpaired) electrons. The fourth-order valence-electron chi connectivity index (χ4n) is 1.49. The number of nitrogens with one attached hydrogen (secondary N) is 1. The van der Waals surface area contributed by atoms with Crippen LogP contribution in [-0.4, -0.2) is 29.5 Å². The van der Waals surface area contributed by atoms with E-state index in [9.17, 15) is 9.59 Å². The second-order valence-corrected chi connectivity index (χ2v) is 5.45. The number of rotatable bonds is 4.